The lowest BCUT2D eigenvalue weighted by Gasteiger charge is -2.26. The second-order valence-electron chi connectivity index (χ2n) is 6.95. The van der Waals surface area contributed by atoms with Crippen molar-refractivity contribution in [3.63, 3.8) is 0 Å². The highest BCUT2D eigenvalue weighted by Gasteiger charge is 2.34. The Bertz CT molecular complexity index is 1380. The van der Waals surface area contributed by atoms with Gasteiger partial charge < -0.3 is 14.8 Å². The molecule has 35 heavy (non-hydrogen) atoms. The summed E-state index contributed by atoms with van der Waals surface area (Å²) in [7, 11) is -1.92. The molecule has 0 heterocycles. The van der Waals surface area contributed by atoms with Crippen LogP contribution < -0.4 is 19.1 Å². The number of halogens is 2. The molecule has 0 unspecified atom stereocenters. The van der Waals surface area contributed by atoms with Gasteiger partial charge in [0.05, 0.1) is 35.5 Å². The molecule has 1 N–H and O–H groups in total. The van der Waals surface area contributed by atoms with E-state index in [-0.39, 0.29) is 22.1 Å². The van der Waals surface area contributed by atoms with Gasteiger partial charge in [-0.15, -0.1) is 0 Å². The summed E-state index contributed by atoms with van der Waals surface area (Å²) in [6.45, 7) is -0.764. The number of nitrogens with one attached hydrogen (secondary N) is 1. The van der Waals surface area contributed by atoms with Crippen molar-refractivity contribution in [3.05, 3.63) is 80.8 Å². The van der Waals surface area contributed by atoms with Gasteiger partial charge in [-0.25, -0.2) is 8.42 Å². The van der Waals surface area contributed by atoms with E-state index in [1.165, 1.54) is 62.8 Å². The first-order valence-electron chi connectivity index (χ1n) is 9.81. The van der Waals surface area contributed by atoms with Gasteiger partial charge in [-0.1, -0.05) is 35.3 Å². The summed E-state index contributed by atoms with van der Waals surface area (Å²) in [5, 5.41) is 14.5. The number of nitrogens with zero attached hydrogens (tertiary/aromatic N) is 2. The number of para-hydroxylation sites is 1. The molecule has 0 aromatic heterocycles. The van der Waals surface area contributed by atoms with Crippen molar-refractivity contribution in [1.82, 2.24) is 0 Å². The number of methoxy groups -OCH3 is 2. The van der Waals surface area contributed by atoms with Gasteiger partial charge >= 0.3 is 0 Å². The third-order valence-electron chi connectivity index (χ3n) is 4.78. The zero-order valence-corrected chi connectivity index (χ0v) is 20.7. The molecular weight excluding hydrogens is 521 g/mol. The standard InChI is InChI=1S/C22H19Cl2N3O7S/c1-33-15-8-10-18(20(12-15)34-2)26(13-22(28)25-17-11-14(23)7-9-16(17)24)35(31,32)21-6-4-3-5-19(21)27(29)30/h3-12H,13H2,1-2H3,(H,25,28). The lowest BCUT2D eigenvalue weighted by atomic mass is 10.2. The van der Waals surface area contributed by atoms with Gasteiger partial charge in [0.2, 0.25) is 5.91 Å². The summed E-state index contributed by atoms with van der Waals surface area (Å²) in [4.78, 5) is 23.1. The number of nitro groups is 1. The molecule has 0 saturated carbocycles. The highest BCUT2D eigenvalue weighted by atomic mass is 35.5. The summed E-state index contributed by atoms with van der Waals surface area (Å²) < 4.78 is 38.6. The minimum Gasteiger partial charge on any atom is -0.497 e. The van der Waals surface area contributed by atoms with Crippen molar-refractivity contribution in [3.8, 4) is 11.5 Å². The first kappa shape index (κ1) is 26.1. The van der Waals surface area contributed by atoms with Crippen LogP contribution in [0.25, 0.3) is 0 Å². The van der Waals surface area contributed by atoms with E-state index >= 15 is 0 Å². The number of hydrogen-bond donors (Lipinski definition) is 1. The maximum absolute atomic E-state index is 13.7. The Morgan fingerprint density at radius 2 is 1.77 bits per heavy atom. The number of sulfonamides is 1. The fraction of sp³-hybridized carbons (Fsp3) is 0.136. The molecule has 3 aromatic rings. The van der Waals surface area contributed by atoms with E-state index in [1.54, 1.807) is 0 Å². The van der Waals surface area contributed by atoms with Gasteiger partial charge in [0.25, 0.3) is 15.7 Å². The molecule has 0 saturated heterocycles. The van der Waals surface area contributed by atoms with Crippen LogP contribution in [0.15, 0.2) is 65.6 Å². The van der Waals surface area contributed by atoms with E-state index in [4.69, 9.17) is 32.7 Å². The number of ether oxygens (including phenoxy) is 2. The Morgan fingerprint density at radius 3 is 2.43 bits per heavy atom. The first-order valence-corrected chi connectivity index (χ1v) is 12.0. The topological polar surface area (TPSA) is 128 Å². The van der Waals surface area contributed by atoms with Gasteiger partial charge in [-0.05, 0) is 36.4 Å². The Morgan fingerprint density at radius 1 is 1.06 bits per heavy atom. The zero-order valence-electron chi connectivity index (χ0n) is 18.4. The lowest BCUT2D eigenvalue weighted by molar-refractivity contribution is -0.387. The van der Waals surface area contributed by atoms with E-state index in [1.807, 2.05) is 0 Å². The SMILES string of the molecule is COc1ccc(N(CC(=O)Nc2cc(Cl)ccc2Cl)S(=O)(=O)c2ccccc2[N+](=O)[O-])c(OC)c1. The van der Waals surface area contributed by atoms with Gasteiger partial charge in [0, 0.05) is 17.2 Å². The van der Waals surface area contributed by atoms with Crippen LogP contribution in [0, 0.1) is 10.1 Å². The average molecular weight is 540 g/mol. The van der Waals surface area contributed by atoms with E-state index in [0.717, 1.165) is 12.1 Å². The molecule has 3 rings (SSSR count). The molecule has 0 atom stereocenters. The monoisotopic (exact) mass is 539 g/mol. The predicted octanol–water partition coefficient (Wildman–Crippen LogP) is 4.75. The summed E-state index contributed by atoms with van der Waals surface area (Å²) in [6.07, 6.45) is 0. The van der Waals surface area contributed by atoms with Crippen LogP contribution in [0.1, 0.15) is 0 Å². The van der Waals surface area contributed by atoms with E-state index in [9.17, 15) is 23.3 Å². The summed E-state index contributed by atoms with van der Waals surface area (Å²) in [5.74, 6) is -0.363. The molecule has 0 spiro atoms. The second-order valence-corrected chi connectivity index (χ2v) is 9.62. The molecule has 1 amide bonds. The van der Waals surface area contributed by atoms with Crippen LogP contribution >= 0.6 is 23.2 Å². The maximum atomic E-state index is 13.7. The highest BCUT2D eigenvalue weighted by Crippen LogP contribution is 2.37. The highest BCUT2D eigenvalue weighted by molar-refractivity contribution is 7.93. The predicted molar refractivity (Wildman–Crippen MR) is 132 cm³/mol. The van der Waals surface area contributed by atoms with Crippen molar-refractivity contribution >= 4 is 56.2 Å². The number of rotatable bonds is 9. The van der Waals surface area contributed by atoms with Gasteiger partial charge in [0.15, 0.2) is 4.90 Å². The van der Waals surface area contributed by atoms with Crippen molar-refractivity contribution in [2.45, 2.75) is 4.90 Å². The second kappa shape index (κ2) is 10.8. The molecule has 10 nitrogen and oxygen atoms in total. The largest absolute Gasteiger partial charge is 0.497 e. The summed E-state index contributed by atoms with van der Waals surface area (Å²) >= 11 is 12.1. The first-order chi connectivity index (χ1) is 16.6. The Labute approximate surface area is 211 Å². The zero-order chi connectivity index (χ0) is 25.8. The van der Waals surface area contributed by atoms with Crippen molar-refractivity contribution in [2.24, 2.45) is 0 Å². The fourth-order valence-electron chi connectivity index (χ4n) is 3.15. The molecule has 0 aliphatic rings. The Kier molecular flexibility index (Phi) is 8.05. The Hall–Kier alpha value is -3.54. The average Bonchev–Trinajstić information content (AvgIpc) is 2.84. The summed E-state index contributed by atoms with van der Waals surface area (Å²) in [6, 6.07) is 13.5. The van der Waals surface area contributed by atoms with Gasteiger partial charge in [-0.3, -0.25) is 19.2 Å². The number of benzene rings is 3. The number of nitro benzene ring substituents is 1. The van der Waals surface area contributed by atoms with Crippen LogP contribution in [0.5, 0.6) is 11.5 Å². The molecule has 0 radical (unpaired) electrons. The third kappa shape index (κ3) is 5.76. The Balaban J connectivity index is 2.12. The quantitative estimate of drug-likeness (QED) is 0.306. The summed E-state index contributed by atoms with van der Waals surface area (Å²) in [5.41, 5.74) is -0.532. The van der Waals surface area contributed by atoms with Crippen LogP contribution in [-0.2, 0) is 14.8 Å². The van der Waals surface area contributed by atoms with Gasteiger partial charge in [0.1, 0.15) is 18.0 Å². The third-order valence-corrected chi connectivity index (χ3v) is 7.15. The van der Waals surface area contributed by atoms with Crippen LogP contribution in [0.3, 0.4) is 0 Å². The van der Waals surface area contributed by atoms with Crippen LogP contribution in [-0.4, -0.2) is 40.0 Å². The number of anilines is 2. The minimum atomic E-state index is -4.64. The number of hydrogen-bond acceptors (Lipinski definition) is 7. The molecule has 3 aromatic carbocycles. The normalized spacial score (nSPS) is 11.0. The van der Waals surface area contributed by atoms with Crippen LogP contribution in [0.4, 0.5) is 17.1 Å². The van der Waals surface area contributed by atoms with E-state index < -0.39 is 38.0 Å². The molecule has 0 bridgehead atoms. The molecular formula is C22H19Cl2N3O7S. The minimum absolute atomic E-state index is 0.0428. The number of carbonyl (C=O) groups is 1. The molecule has 184 valence electrons. The van der Waals surface area contributed by atoms with Crippen molar-refractivity contribution in [2.75, 3.05) is 30.4 Å². The van der Waals surface area contributed by atoms with Crippen molar-refractivity contribution < 1.29 is 27.6 Å². The smallest absolute Gasteiger partial charge is 0.289 e. The van der Waals surface area contributed by atoms with Gasteiger partial charge in [-0.2, -0.15) is 0 Å². The van der Waals surface area contributed by atoms with E-state index in [0.29, 0.717) is 15.1 Å². The maximum Gasteiger partial charge on any atom is 0.289 e. The number of carbonyl (C=O) groups excluding carboxylic acids is 1. The van der Waals surface area contributed by atoms with Crippen molar-refractivity contribution in [1.29, 1.82) is 0 Å². The molecule has 0 fully saturated rings. The van der Waals surface area contributed by atoms with Crippen LogP contribution in [0.2, 0.25) is 10.0 Å². The number of amides is 1. The molecule has 13 heteroatoms. The lowest BCUT2D eigenvalue weighted by Crippen LogP contribution is -2.38. The molecule has 0 aliphatic heterocycles. The van der Waals surface area contributed by atoms with E-state index in [2.05, 4.69) is 5.32 Å². The fourth-order valence-corrected chi connectivity index (χ4v) is 5.08. The molecule has 0 aliphatic carbocycles.